The fourth-order valence-electron chi connectivity index (χ4n) is 5.74. The van der Waals surface area contributed by atoms with Gasteiger partial charge in [0.25, 0.3) is 0 Å². The summed E-state index contributed by atoms with van der Waals surface area (Å²) in [5.41, 5.74) is 2.80. The van der Waals surface area contributed by atoms with Crippen LogP contribution in [0.15, 0.2) is 114 Å². The molecule has 1 aliphatic rings. The molecule has 1 fully saturated rings. The number of piperazine rings is 1. The zero-order valence-corrected chi connectivity index (χ0v) is 27.3. The molecule has 0 aromatic heterocycles. The second kappa shape index (κ2) is 14.0. The van der Waals surface area contributed by atoms with Crippen molar-refractivity contribution >= 4 is 20.6 Å². The van der Waals surface area contributed by atoms with Crippen molar-refractivity contribution in [2.75, 3.05) is 32.5 Å². The third-order valence-corrected chi connectivity index (χ3v) is 9.50. The SMILES string of the molecule is CC1CN(CCOc2ccc(Oc3c(-c4ccc(S(C)(=O)=O)cc4)ccc4cc(OCc5ccccc5)ccc34)cc2)C(C)CN1. The molecule has 0 spiro atoms. The largest absolute Gasteiger partial charge is 0.492 e. The number of rotatable bonds is 11. The normalized spacial score (nSPS) is 17.1. The lowest BCUT2D eigenvalue weighted by Crippen LogP contribution is -2.55. The zero-order valence-electron chi connectivity index (χ0n) is 26.5. The maximum absolute atomic E-state index is 12.1. The molecule has 8 heteroatoms. The van der Waals surface area contributed by atoms with Crippen LogP contribution >= 0.6 is 0 Å². The highest BCUT2D eigenvalue weighted by Crippen LogP contribution is 2.41. The molecule has 238 valence electrons. The summed E-state index contributed by atoms with van der Waals surface area (Å²) < 4.78 is 43.0. The van der Waals surface area contributed by atoms with E-state index in [2.05, 4.69) is 24.1 Å². The van der Waals surface area contributed by atoms with Crippen molar-refractivity contribution in [3.63, 3.8) is 0 Å². The monoisotopic (exact) mass is 636 g/mol. The van der Waals surface area contributed by atoms with E-state index in [9.17, 15) is 8.42 Å². The fraction of sp³-hybridized carbons (Fsp3) is 0.263. The lowest BCUT2D eigenvalue weighted by Gasteiger charge is -2.37. The summed E-state index contributed by atoms with van der Waals surface area (Å²) in [6.07, 6.45) is 1.21. The Morgan fingerprint density at radius 2 is 1.52 bits per heavy atom. The molecule has 7 nitrogen and oxygen atoms in total. The quantitative estimate of drug-likeness (QED) is 0.163. The summed E-state index contributed by atoms with van der Waals surface area (Å²) in [6.45, 7) is 8.43. The second-order valence-electron chi connectivity index (χ2n) is 12.0. The van der Waals surface area contributed by atoms with Crippen molar-refractivity contribution in [3.05, 3.63) is 115 Å². The molecule has 1 heterocycles. The van der Waals surface area contributed by atoms with E-state index in [-0.39, 0.29) is 4.90 Å². The first-order valence-corrected chi connectivity index (χ1v) is 17.5. The van der Waals surface area contributed by atoms with E-state index in [4.69, 9.17) is 14.2 Å². The lowest BCUT2D eigenvalue weighted by atomic mass is 9.99. The van der Waals surface area contributed by atoms with Crippen molar-refractivity contribution in [3.8, 4) is 34.1 Å². The molecule has 46 heavy (non-hydrogen) atoms. The summed E-state index contributed by atoms with van der Waals surface area (Å²) in [6, 6.07) is 35.6. The van der Waals surface area contributed by atoms with Gasteiger partial charge in [0, 0.05) is 48.9 Å². The molecule has 0 aliphatic carbocycles. The Morgan fingerprint density at radius 3 is 2.26 bits per heavy atom. The van der Waals surface area contributed by atoms with Crippen LogP contribution in [-0.2, 0) is 16.4 Å². The van der Waals surface area contributed by atoms with Gasteiger partial charge in [-0.05, 0) is 91.0 Å². The highest BCUT2D eigenvalue weighted by molar-refractivity contribution is 7.90. The summed E-state index contributed by atoms with van der Waals surface area (Å²) in [7, 11) is -3.31. The van der Waals surface area contributed by atoms with Gasteiger partial charge in [0.2, 0.25) is 0 Å². The van der Waals surface area contributed by atoms with Crippen molar-refractivity contribution < 1.29 is 22.6 Å². The summed E-state index contributed by atoms with van der Waals surface area (Å²) in [5.74, 6) is 2.90. The Kier molecular flexibility index (Phi) is 9.59. The second-order valence-corrected chi connectivity index (χ2v) is 14.0. The summed E-state index contributed by atoms with van der Waals surface area (Å²) in [5, 5.41) is 5.40. The van der Waals surface area contributed by atoms with Crippen LogP contribution in [0.1, 0.15) is 19.4 Å². The molecule has 2 unspecified atom stereocenters. The number of hydrogen-bond donors (Lipinski definition) is 1. The van der Waals surface area contributed by atoms with Crippen LogP contribution in [0.3, 0.4) is 0 Å². The van der Waals surface area contributed by atoms with E-state index in [1.165, 1.54) is 6.26 Å². The van der Waals surface area contributed by atoms with E-state index in [0.29, 0.717) is 36.8 Å². The third-order valence-electron chi connectivity index (χ3n) is 8.37. The molecule has 5 aromatic carbocycles. The Morgan fingerprint density at radius 1 is 0.804 bits per heavy atom. The van der Waals surface area contributed by atoms with Crippen LogP contribution in [0.5, 0.6) is 23.0 Å². The average molecular weight is 637 g/mol. The number of nitrogens with one attached hydrogen (secondary N) is 1. The zero-order chi connectivity index (χ0) is 32.1. The Hall–Kier alpha value is -4.37. The molecule has 0 radical (unpaired) electrons. The molecule has 1 N–H and O–H groups in total. The van der Waals surface area contributed by atoms with Crippen LogP contribution in [0, 0.1) is 0 Å². The maximum atomic E-state index is 12.1. The van der Waals surface area contributed by atoms with E-state index in [1.807, 2.05) is 97.1 Å². The molecule has 0 amide bonds. The molecule has 0 saturated carbocycles. The van der Waals surface area contributed by atoms with Gasteiger partial charge in [0.05, 0.1) is 4.90 Å². The topological polar surface area (TPSA) is 77.1 Å². The number of nitrogens with zero attached hydrogens (tertiary/aromatic N) is 1. The van der Waals surface area contributed by atoms with Crippen LogP contribution in [0.2, 0.25) is 0 Å². The summed E-state index contributed by atoms with van der Waals surface area (Å²) in [4.78, 5) is 2.73. The van der Waals surface area contributed by atoms with E-state index in [0.717, 1.165) is 58.6 Å². The smallest absolute Gasteiger partial charge is 0.175 e. The van der Waals surface area contributed by atoms with Crippen molar-refractivity contribution in [1.82, 2.24) is 10.2 Å². The van der Waals surface area contributed by atoms with Crippen molar-refractivity contribution in [2.45, 2.75) is 37.4 Å². The molecule has 5 aromatic rings. The van der Waals surface area contributed by atoms with Crippen LogP contribution in [0.25, 0.3) is 21.9 Å². The standard InChI is InChI=1S/C38H40N2O5S/c1-27-25-40(28(2)24-39-27)21-22-43-32-12-14-33(15-13-32)45-38-36(30-9-17-35(18-10-30)46(3,41)42)19-11-31-23-34(16-20-37(31)38)44-26-29-7-5-4-6-8-29/h4-20,23,27-28,39H,21-22,24-26H2,1-3H3. The lowest BCUT2D eigenvalue weighted by molar-refractivity contribution is 0.123. The van der Waals surface area contributed by atoms with E-state index >= 15 is 0 Å². The first-order chi connectivity index (χ1) is 22.2. The van der Waals surface area contributed by atoms with Gasteiger partial charge in [0.15, 0.2) is 9.84 Å². The van der Waals surface area contributed by atoms with Gasteiger partial charge >= 0.3 is 0 Å². The van der Waals surface area contributed by atoms with Gasteiger partial charge in [-0.3, -0.25) is 4.90 Å². The first-order valence-electron chi connectivity index (χ1n) is 15.6. The van der Waals surface area contributed by atoms with Crippen LogP contribution < -0.4 is 19.5 Å². The molecule has 2 atom stereocenters. The van der Waals surface area contributed by atoms with Gasteiger partial charge < -0.3 is 19.5 Å². The van der Waals surface area contributed by atoms with Crippen LogP contribution in [-0.4, -0.2) is 57.9 Å². The van der Waals surface area contributed by atoms with Gasteiger partial charge in [0.1, 0.15) is 36.2 Å². The molecule has 1 aliphatic heterocycles. The molecular weight excluding hydrogens is 596 g/mol. The average Bonchev–Trinajstić information content (AvgIpc) is 3.06. The van der Waals surface area contributed by atoms with E-state index in [1.54, 1.807) is 12.1 Å². The fourth-order valence-corrected chi connectivity index (χ4v) is 6.37. The first kappa shape index (κ1) is 31.6. The maximum Gasteiger partial charge on any atom is 0.175 e. The van der Waals surface area contributed by atoms with Gasteiger partial charge in [-0.25, -0.2) is 8.42 Å². The van der Waals surface area contributed by atoms with Gasteiger partial charge in [-0.1, -0.05) is 48.5 Å². The number of benzene rings is 5. The van der Waals surface area contributed by atoms with Crippen LogP contribution in [0.4, 0.5) is 0 Å². The predicted octanol–water partition coefficient (Wildman–Crippen LogP) is 7.34. The Balaban J connectivity index is 1.24. The minimum absolute atomic E-state index is 0.274. The Bertz CT molecular complexity index is 1880. The van der Waals surface area contributed by atoms with Crippen molar-refractivity contribution in [2.24, 2.45) is 0 Å². The minimum atomic E-state index is -3.31. The molecule has 0 bridgehead atoms. The highest BCUT2D eigenvalue weighted by Gasteiger charge is 2.22. The third kappa shape index (κ3) is 7.70. The summed E-state index contributed by atoms with van der Waals surface area (Å²) >= 11 is 0. The highest BCUT2D eigenvalue weighted by atomic mass is 32.2. The molecule has 1 saturated heterocycles. The minimum Gasteiger partial charge on any atom is -0.492 e. The van der Waals surface area contributed by atoms with Gasteiger partial charge in [-0.2, -0.15) is 0 Å². The Labute approximate surface area is 271 Å². The van der Waals surface area contributed by atoms with E-state index < -0.39 is 9.84 Å². The number of sulfone groups is 1. The number of fused-ring (bicyclic) bond motifs is 1. The number of ether oxygens (including phenoxy) is 3. The molecule has 6 rings (SSSR count). The van der Waals surface area contributed by atoms with Crippen molar-refractivity contribution in [1.29, 1.82) is 0 Å². The predicted molar refractivity (Wildman–Crippen MR) is 184 cm³/mol. The van der Waals surface area contributed by atoms with Gasteiger partial charge in [-0.15, -0.1) is 0 Å². The number of hydrogen-bond acceptors (Lipinski definition) is 7. The molecular formula is C38H40N2O5S.